The quantitative estimate of drug-likeness (QED) is 0.715. The van der Waals surface area contributed by atoms with E-state index >= 15 is 0 Å². The lowest BCUT2D eigenvalue weighted by molar-refractivity contribution is 0.524. The Bertz CT molecular complexity index is 248. The topological polar surface area (TPSA) is 50.9 Å². The van der Waals surface area contributed by atoms with Gasteiger partial charge in [-0.15, -0.1) is 0 Å². The molecule has 1 atom stereocenters. The highest BCUT2D eigenvalue weighted by Gasteiger charge is 2.00. The van der Waals surface area contributed by atoms with Crippen LogP contribution < -0.4 is 11.1 Å². The van der Waals surface area contributed by atoms with Gasteiger partial charge in [-0.25, -0.2) is 0 Å². The van der Waals surface area contributed by atoms with E-state index in [2.05, 4.69) is 23.3 Å². The van der Waals surface area contributed by atoms with Crippen LogP contribution in [0.1, 0.15) is 31.7 Å². The fraction of sp³-hybridized carbons (Fsp3) is 0.583. The van der Waals surface area contributed by atoms with Crippen LogP contribution in [0, 0.1) is 0 Å². The number of hydrogen-bond acceptors (Lipinski definition) is 3. The number of nitrogens with zero attached hydrogens (tertiary/aromatic N) is 1. The summed E-state index contributed by atoms with van der Waals surface area (Å²) in [7, 11) is 0. The Morgan fingerprint density at radius 2 is 2.40 bits per heavy atom. The molecule has 1 unspecified atom stereocenters. The van der Waals surface area contributed by atoms with Gasteiger partial charge in [-0.2, -0.15) is 0 Å². The minimum atomic E-state index is 0.279. The van der Waals surface area contributed by atoms with E-state index in [0.29, 0.717) is 0 Å². The third-order valence-corrected chi connectivity index (χ3v) is 2.39. The van der Waals surface area contributed by atoms with Gasteiger partial charge < -0.3 is 11.1 Å². The van der Waals surface area contributed by atoms with Crippen molar-refractivity contribution in [3.05, 3.63) is 30.1 Å². The maximum Gasteiger partial charge on any atom is 0.0312 e. The van der Waals surface area contributed by atoms with Crippen molar-refractivity contribution in [3.63, 3.8) is 0 Å². The maximum absolute atomic E-state index is 5.95. The molecule has 0 spiro atoms. The average molecular weight is 207 g/mol. The van der Waals surface area contributed by atoms with Crippen LogP contribution in [-0.2, 0) is 6.54 Å². The molecule has 0 aliphatic rings. The molecule has 1 aromatic heterocycles. The second-order valence-corrected chi connectivity index (χ2v) is 3.89. The summed E-state index contributed by atoms with van der Waals surface area (Å²) in [5, 5.41) is 3.35. The third-order valence-electron chi connectivity index (χ3n) is 2.39. The Morgan fingerprint density at radius 3 is 3.07 bits per heavy atom. The molecule has 3 N–H and O–H groups in total. The van der Waals surface area contributed by atoms with Crippen molar-refractivity contribution >= 4 is 0 Å². The highest BCUT2D eigenvalue weighted by molar-refractivity contribution is 5.07. The normalized spacial score (nSPS) is 12.7. The molecule has 0 radical (unpaired) electrons. The minimum Gasteiger partial charge on any atom is -0.327 e. The number of nitrogens with one attached hydrogen (secondary N) is 1. The molecule has 3 heteroatoms. The standard InChI is InChI=1S/C12H21N3/c1-2-3-6-12(13)10-15-9-11-5-4-7-14-8-11/h4-5,7-8,12,15H,2-3,6,9-10,13H2,1H3. The summed E-state index contributed by atoms with van der Waals surface area (Å²) >= 11 is 0. The second kappa shape index (κ2) is 7.37. The lowest BCUT2D eigenvalue weighted by atomic mass is 10.1. The lowest BCUT2D eigenvalue weighted by Gasteiger charge is -2.11. The van der Waals surface area contributed by atoms with Crippen LogP contribution in [0.3, 0.4) is 0 Å². The Hall–Kier alpha value is -0.930. The van der Waals surface area contributed by atoms with E-state index < -0.39 is 0 Å². The lowest BCUT2D eigenvalue weighted by Crippen LogP contribution is -2.33. The first-order valence-electron chi connectivity index (χ1n) is 5.68. The van der Waals surface area contributed by atoms with Crippen LogP contribution in [0.5, 0.6) is 0 Å². The van der Waals surface area contributed by atoms with Crippen LogP contribution >= 0.6 is 0 Å². The molecule has 84 valence electrons. The number of unbranched alkanes of at least 4 members (excludes halogenated alkanes) is 1. The molecule has 1 rings (SSSR count). The van der Waals surface area contributed by atoms with Gasteiger partial charge in [0.25, 0.3) is 0 Å². The predicted octanol–water partition coefficient (Wildman–Crippen LogP) is 1.69. The van der Waals surface area contributed by atoms with Gasteiger partial charge >= 0.3 is 0 Å². The van der Waals surface area contributed by atoms with Gasteiger partial charge in [0.2, 0.25) is 0 Å². The fourth-order valence-electron chi connectivity index (χ4n) is 1.47. The molecule has 0 aliphatic carbocycles. The fourth-order valence-corrected chi connectivity index (χ4v) is 1.47. The van der Waals surface area contributed by atoms with Gasteiger partial charge in [-0.3, -0.25) is 4.98 Å². The number of aromatic nitrogens is 1. The van der Waals surface area contributed by atoms with E-state index in [-0.39, 0.29) is 6.04 Å². The van der Waals surface area contributed by atoms with Gasteiger partial charge in [-0.1, -0.05) is 25.8 Å². The van der Waals surface area contributed by atoms with Gasteiger partial charge in [0.05, 0.1) is 0 Å². The Balaban J connectivity index is 2.11. The molecule has 3 nitrogen and oxygen atoms in total. The van der Waals surface area contributed by atoms with Crippen molar-refractivity contribution in [1.29, 1.82) is 0 Å². The van der Waals surface area contributed by atoms with Crippen molar-refractivity contribution in [2.45, 2.75) is 38.8 Å². The van der Waals surface area contributed by atoms with Gasteiger partial charge in [0, 0.05) is 31.5 Å². The van der Waals surface area contributed by atoms with E-state index in [9.17, 15) is 0 Å². The Morgan fingerprint density at radius 1 is 1.53 bits per heavy atom. The summed E-state index contributed by atoms with van der Waals surface area (Å²) < 4.78 is 0. The van der Waals surface area contributed by atoms with Crippen molar-refractivity contribution in [3.8, 4) is 0 Å². The summed E-state index contributed by atoms with van der Waals surface area (Å²) in [6.45, 7) is 3.93. The first kappa shape index (κ1) is 12.1. The Labute approximate surface area is 92.1 Å². The van der Waals surface area contributed by atoms with Crippen molar-refractivity contribution in [1.82, 2.24) is 10.3 Å². The van der Waals surface area contributed by atoms with E-state index in [1.165, 1.54) is 18.4 Å². The van der Waals surface area contributed by atoms with Crippen molar-refractivity contribution in [2.75, 3.05) is 6.54 Å². The first-order chi connectivity index (χ1) is 7.33. The number of pyridine rings is 1. The van der Waals surface area contributed by atoms with E-state index in [4.69, 9.17) is 5.73 Å². The monoisotopic (exact) mass is 207 g/mol. The van der Waals surface area contributed by atoms with Gasteiger partial charge in [-0.05, 0) is 18.1 Å². The minimum absolute atomic E-state index is 0.279. The largest absolute Gasteiger partial charge is 0.327 e. The van der Waals surface area contributed by atoms with E-state index in [0.717, 1.165) is 19.5 Å². The predicted molar refractivity (Wildman–Crippen MR) is 63.4 cm³/mol. The molecule has 1 aromatic rings. The van der Waals surface area contributed by atoms with Gasteiger partial charge in [0.1, 0.15) is 0 Å². The van der Waals surface area contributed by atoms with Gasteiger partial charge in [0.15, 0.2) is 0 Å². The summed E-state index contributed by atoms with van der Waals surface area (Å²) in [5.74, 6) is 0. The Kier molecular flexibility index (Phi) is 5.97. The second-order valence-electron chi connectivity index (χ2n) is 3.89. The summed E-state index contributed by atoms with van der Waals surface area (Å²) in [6.07, 6.45) is 7.21. The molecular formula is C12H21N3. The molecule has 15 heavy (non-hydrogen) atoms. The van der Waals surface area contributed by atoms with Crippen LogP contribution in [0.4, 0.5) is 0 Å². The number of hydrogen-bond donors (Lipinski definition) is 2. The average Bonchev–Trinajstić information content (AvgIpc) is 2.28. The van der Waals surface area contributed by atoms with Crippen molar-refractivity contribution in [2.24, 2.45) is 5.73 Å². The maximum atomic E-state index is 5.95. The molecule has 0 bridgehead atoms. The molecule has 0 amide bonds. The smallest absolute Gasteiger partial charge is 0.0312 e. The molecule has 0 saturated heterocycles. The molecular weight excluding hydrogens is 186 g/mol. The highest BCUT2D eigenvalue weighted by Crippen LogP contribution is 1.98. The summed E-state index contributed by atoms with van der Waals surface area (Å²) in [5.41, 5.74) is 7.15. The van der Waals surface area contributed by atoms with Crippen molar-refractivity contribution < 1.29 is 0 Å². The molecule has 0 aromatic carbocycles. The molecule has 0 fully saturated rings. The highest BCUT2D eigenvalue weighted by atomic mass is 14.9. The third kappa shape index (κ3) is 5.50. The number of nitrogens with two attached hydrogens (primary N) is 1. The summed E-state index contributed by atoms with van der Waals surface area (Å²) in [4.78, 5) is 4.06. The molecule has 0 saturated carbocycles. The zero-order valence-electron chi connectivity index (χ0n) is 9.45. The number of rotatable bonds is 7. The summed E-state index contributed by atoms with van der Waals surface area (Å²) in [6, 6.07) is 4.30. The van der Waals surface area contributed by atoms with E-state index in [1.54, 1.807) is 6.20 Å². The zero-order chi connectivity index (χ0) is 10.9. The van der Waals surface area contributed by atoms with Crippen LogP contribution in [-0.4, -0.2) is 17.6 Å². The molecule has 1 heterocycles. The van der Waals surface area contributed by atoms with Crippen LogP contribution in [0.2, 0.25) is 0 Å². The SMILES string of the molecule is CCCCC(N)CNCc1cccnc1. The van der Waals surface area contributed by atoms with Crippen LogP contribution in [0.25, 0.3) is 0 Å². The van der Waals surface area contributed by atoms with E-state index in [1.807, 2.05) is 12.3 Å². The zero-order valence-corrected chi connectivity index (χ0v) is 9.45. The first-order valence-corrected chi connectivity index (χ1v) is 5.68. The molecule has 0 aliphatic heterocycles. The van der Waals surface area contributed by atoms with Crippen LogP contribution in [0.15, 0.2) is 24.5 Å².